The highest BCUT2D eigenvalue weighted by molar-refractivity contribution is 7.22. The number of nitrogens with zero attached hydrogens (tertiary/aromatic N) is 1. The van der Waals surface area contributed by atoms with Gasteiger partial charge in [0.1, 0.15) is 5.75 Å². The van der Waals surface area contributed by atoms with Crippen molar-refractivity contribution in [3.63, 3.8) is 0 Å². The third kappa shape index (κ3) is 5.95. The fourth-order valence-corrected chi connectivity index (χ4v) is 4.09. The number of aromatic nitrogens is 1. The minimum atomic E-state index is -1.31. The number of ketones is 1. The minimum absolute atomic E-state index is 0.159. The van der Waals surface area contributed by atoms with Gasteiger partial charge in [0.15, 0.2) is 16.5 Å². The van der Waals surface area contributed by atoms with E-state index in [4.69, 9.17) is 16.3 Å². The Bertz CT molecular complexity index is 1350. The van der Waals surface area contributed by atoms with Crippen LogP contribution >= 0.6 is 22.9 Å². The molecule has 178 valence electrons. The molecule has 0 bridgehead atoms. The average Bonchev–Trinajstić information content (AvgIpc) is 3.25. The molecule has 3 amide bonds. The van der Waals surface area contributed by atoms with Gasteiger partial charge in [-0.15, -0.1) is 0 Å². The van der Waals surface area contributed by atoms with Crippen molar-refractivity contribution >= 4 is 56.0 Å². The first-order valence-corrected chi connectivity index (χ1v) is 11.7. The maximum Gasteiger partial charge on any atom is 0.339 e. The number of nitrogens with one attached hydrogen (secondary N) is 3. The summed E-state index contributed by atoms with van der Waals surface area (Å²) in [4.78, 5) is 41.7. The van der Waals surface area contributed by atoms with Gasteiger partial charge in [0, 0.05) is 16.1 Å². The molecule has 0 aliphatic rings. The van der Waals surface area contributed by atoms with Crippen molar-refractivity contribution in [3.8, 4) is 5.75 Å². The second kappa shape index (κ2) is 10.1. The number of ether oxygens (including phenoxy) is 1. The van der Waals surface area contributed by atoms with Crippen LogP contribution in [0.3, 0.4) is 0 Å². The van der Waals surface area contributed by atoms with E-state index in [9.17, 15) is 14.4 Å². The molecule has 1 heterocycles. The first kappa shape index (κ1) is 24.2. The highest BCUT2D eigenvalue weighted by atomic mass is 35.5. The minimum Gasteiger partial charge on any atom is -0.478 e. The Kier molecular flexibility index (Phi) is 6.99. The van der Waals surface area contributed by atoms with Crippen molar-refractivity contribution in [1.82, 2.24) is 15.8 Å². The molecule has 4 rings (SSSR count). The number of urea groups is 1. The average molecular weight is 509 g/mol. The molecule has 0 atom stereocenters. The lowest BCUT2D eigenvalue weighted by Gasteiger charge is -2.25. The molecule has 4 aromatic rings. The molecule has 0 aliphatic carbocycles. The van der Waals surface area contributed by atoms with Gasteiger partial charge in [0.05, 0.1) is 10.2 Å². The van der Waals surface area contributed by atoms with Crippen LogP contribution in [0.1, 0.15) is 29.8 Å². The number of benzene rings is 3. The second-order valence-electron chi connectivity index (χ2n) is 7.99. The number of carbonyl (C=O) groups is 3. The monoisotopic (exact) mass is 508 g/mol. The van der Waals surface area contributed by atoms with Gasteiger partial charge in [-0.05, 0) is 74.5 Å². The van der Waals surface area contributed by atoms with Crippen LogP contribution in [0.2, 0.25) is 5.02 Å². The first-order chi connectivity index (χ1) is 16.7. The Balaban J connectivity index is 1.31. The lowest BCUT2D eigenvalue weighted by Crippen LogP contribution is -2.53. The third-order valence-electron chi connectivity index (χ3n) is 4.95. The largest absolute Gasteiger partial charge is 0.478 e. The molecular weight excluding hydrogens is 488 g/mol. The predicted molar refractivity (Wildman–Crippen MR) is 136 cm³/mol. The van der Waals surface area contributed by atoms with E-state index < -0.39 is 17.5 Å². The van der Waals surface area contributed by atoms with Crippen molar-refractivity contribution in [2.45, 2.75) is 19.4 Å². The summed E-state index contributed by atoms with van der Waals surface area (Å²) >= 11 is 7.19. The number of hydrogen-bond donors (Lipinski definition) is 3. The Hall–Kier alpha value is -3.95. The number of thiazole rings is 1. The zero-order valence-corrected chi connectivity index (χ0v) is 20.4. The summed E-state index contributed by atoms with van der Waals surface area (Å²) in [6.45, 7) is 3.12. The SMILES string of the molecule is CC(C)(Oc1ccc(C(=O)c2ccc(Cl)cc2)cc1)C(=O)NNC(=O)Nc1nc2ccccc2s1. The molecule has 35 heavy (non-hydrogen) atoms. The number of carbonyl (C=O) groups excluding carboxylic acids is 3. The van der Waals surface area contributed by atoms with E-state index in [1.54, 1.807) is 62.4 Å². The van der Waals surface area contributed by atoms with Crippen LogP contribution in [0.15, 0.2) is 72.8 Å². The molecule has 0 aliphatic heterocycles. The molecule has 0 fully saturated rings. The van der Waals surface area contributed by atoms with Gasteiger partial charge in [-0.2, -0.15) is 0 Å². The van der Waals surface area contributed by atoms with Crippen molar-refractivity contribution in [1.29, 1.82) is 0 Å². The summed E-state index contributed by atoms with van der Waals surface area (Å²) in [7, 11) is 0. The van der Waals surface area contributed by atoms with Crippen LogP contribution in [0, 0.1) is 0 Å². The van der Waals surface area contributed by atoms with E-state index in [0.717, 1.165) is 10.2 Å². The lowest BCUT2D eigenvalue weighted by atomic mass is 10.0. The van der Waals surface area contributed by atoms with Gasteiger partial charge in [-0.1, -0.05) is 35.1 Å². The summed E-state index contributed by atoms with van der Waals surface area (Å²) in [6.07, 6.45) is 0. The Morgan fingerprint density at radius 2 is 1.51 bits per heavy atom. The summed E-state index contributed by atoms with van der Waals surface area (Å²) < 4.78 is 6.72. The van der Waals surface area contributed by atoms with E-state index in [-0.39, 0.29) is 5.78 Å². The van der Waals surface area contributed by atoms with Gasteiger partial charge < -0.3 is 4.74 Å². The number of halogens is 1. The van der Waals surface area contributed by atoms with Gasteiger partial charge in [0.25, 0.3) is 5.91 Å². The summed E-state index contributed by atoms with van der Waals surface area (Å²) in [5.74, 6) is -0.344. The van der Waals surface area contributed by atoms with Crippen LogP contribution in [-0.2, 0) is 4.79 Å². The normalized spacial score (nSPS) is 11.1. The topological polar surface area (TPSA) is 109 Å². The number of anilines is 1. The molecule has 1 aromatic heterocycles. The third-order valence-corrected chi connectivity index (χ3v) is 6.15. The Labute approximate surface area is 210 Å². The number of rotatable bonds is 6. The number of hydrazine groups is 1. The quantitative estimate of drug-likeness (QED) is 0.245. The van der Waals surface area contributed by atoms with E-state index in [1.165, 1.54) is 11.3 Å². The van der Waals surface area contributed by atoms with Crippen molar-refractivity contribution < 1.29 is 19.1 Å². The van der Waals surface area contributed by atoms with Gasteiger partial charge >= 0.3 is 6.03 Å². The Morgan fingerprint density at radius 1 is 0.886 bits per heavy atom. The van der Waals surface area contributed by atoms with E-state index >= 15 is 0 Å². The van der Waals surface area contributed by atoms with Gasteiger partial charge in [-0.3, -0.25) is 20.3 Å². The van der Waals surface area contributed by atoms with Crippen LogP contribution < -0.4 is 20.9 Å². The molecule has 3 N–H and O–H groups in total. The molecule has 3 aromatic carbocycles. The first-order valence-electron chi connectivity index (χ1n) is 10.5. The lowest BCUT2D eigenvalue weighted by molar-refractivity contribution is -0.134. The van der Waals surface area contributed by atoms with Gasteiger partial charge in [-0.25, -0.2) is 15.2 Å². The number of amides is 3. The standard InChI is InChI=1S/C25H21ClN4O4S/c1-25(2,22(32)29-30-23(33)28-24-27-19-5-3-4-6-20(19)35-24)34-18-13-9-16(10-14-18)21(31)15-7-11-17(26)12-8-15/h3-14H,1-2H3,(H,29,32)(H2,27,28,30,33). The maximum absolute atomic E-state index is 12.6. The van der Waals surface area contributed by atoms with Crippen LogP contribution in [0.5, 0.6) is 5.75 Å². The number of para-hydroxylation sites is 1. The highest BCUT2D eigenvalue weighted by Crippen LogP contribution is 2.25. The maximum atomic E-state index is 12.6. The Morgan fingerprint density at radius 3 is 2.17 bits per heavy atom. The van der Waals surface area contributed by atoms with Crippen LogP contribution in [0.4, 0.5) is 9.93 Å². The zero-order valence-electron chi connectivity index (χ0n) is 18.8. The summed E-state index contributed by atoms with van der Waals surface area (Å²) in [5, 5.41) is 3.54. The van der Waals surface area contributed by atoms with Crippen molar-refractivity contribution in [3.05, 3.63) is 88.9 Å². The summed E-state index contributed by atoms with van der Waals surface area (Å²) in [5.41, 5.74) is 5.07. The van der Waals surface area contributed by atoms with Gasteiger partial charge in [0.2, 0.25) is 0 Å². The smallest absolute Gasteiger partial charge is 0.339 e. The molecule has 0 unspecified atom stereocenters. The van der Waals surface area contributed by atoms with Crippen molar-refractivity contribution in [2.24, 2.45) is 0 Å². The van der Waals surface area contributed by atoms with E-state index in [1.807, 2.05) is 24.3 Å². The highest BCUT2D eigenvalue weighted by Gasteiger charge is 2.30. The van der Waals surface area contributed by atoms with Crippen LogP contribution in [0.25, 0.3) is 10.2 Å². The summed E-state index contributed by atoms with van der Waals surface area (Å²) in [6, 6.07) is 19.9. The molecule has 0 radical (unpaired) electrons. The molecule has 0 saturated heterocycles. The van der Waals surface area contributed by atoms with Crippen LogP contribution in [-0.4, -0.2) is 28.3 Å². The fraction of sp³-hybridized carbons (Fsp3) is 0.120. The van der Waals surface area contributed by atoms with E-state index in [2.05, 4.69) is 21.2 Å². The molecule has 0 spiro atoms. The number of hydrogen-bond acceptors (Lipinski definition) is 6. The molecular formula is C25H21ClN4O4S. The molecule has 10 heteroatoms. The van der Waals surface area contributed by atoms with Crippen molar-refractivity contribution in [2.75, 3.05) is 5.32 Å². The van der Waals surface area contributed by atoms with E-state index in [0.29, 0.717) is 27.0 Å². The zero-order chi connectivity index (χ0) is 25.0. The molecule has 8 nitrogen and oxygen atoms in total. The fourth-order valence-electron chi connectivity index (χ4n) is 3.10. The number of fused-ring (bicyclic) bond motifs is 1. The molecule has 0 saturated carbocycles. The predicted octanol–water partition coefficient (Wildman–Crippen LogP) is 5.19. The second-order valence-corrected chi connectivity index (χ2v) is 9.46.